The third-order valence-electron chi connectivity index (χ3n) is 3.40. The first-order valence-electron chi connectivity index (χ1n) is 5.90. The molecule has 0 amide bonds. The summed E-state index contributed by atoms with van der Waals surface area (Å²) in [6.07, 6.45) is 1.89. The highest BCUT2D eigenvalue weighted by molar-refractivity contribution is 9.10. The molecule has 96 valence electrons. The molecule has 2 heterocycles. The van der Waals surface area contributed by atoms with Gasteiger partial charge in [0, 0.05) is 32.8 Å². The van der Waals surface area contributed by atoms with Gasteiger partial charge >= 0.3 is 0 Å². The minimum Gasteiger partial charge on any atom is -0.331 e. The van der Waals surface area contributed by atoms with Gasteiger partial charge in [-0.15, -0.1) is 0 Å². The average Bonchev–Trinajstić information content (AvgIpc) is 2.66. The molecule has 0 aliphatic carbocycles. The van der Waals surface area contributed by atoms with E-state index in [-0.39, 0.29) is 0 Å². The summed E-state index contributed by atoms with van der Waals surface area (Å²) in [5.41, 5.74) is 2.20. The maximum Gasteiger partial charge on any atom is 0.178 e. The van der Waals surface area contributed by atoms with Crippen LogP contribution in [0.1, 0.15) is 18.9 Å². The van der Waals surface area contributed by atoms with Crippen LogP contribution < -0.4 is 0 Å². The van der Waals surface area contributed by atoms with Crippen LogP contribution >= 0.6 is 28.1 Å². The average molecular weight is 345 g/mol. The maximum atomic E-state index is 11.4. The summed E-state index contributed by atoms with van der Waals surface area (Å²) < 4.78 is 15.4. The summed E-state index contributed by atoms with van der Waals surface area (Å²) in [4.78, 5) is 3.24. The predicted octanol–water partition coefficient (Wildman–Crippen LogP) is 3.54. The maximum absolute atomic E-state index is 11.4. The van der Waals surface area contributed by atoms with Crippen molar-refractivity contribution in [2.75, 3.05) is 11.5 Å². The second-order valence-electron chi connectivity index (χ2n) is 4.54. The standard InChI is InChI=1S/C12H13BrN2OS2/c13-8-1-2-10-11(7-8)15(12(17)14-10)9-3-5-18(16)6-4-9/h1-2,7,9H,3-6H2,(H,14,17). The number of aromatic nitrogens is 2. The number of hydrogen-bond acceptors (Lipinski definition) is 2. The van der Waals surface area contributed by atoms with Gasteiger partial charge < -0.3 is 9.55 Å². The number of nitrogens with one attached hydrogen (secondary N) is 1. The fourth-order valence-electron chi connectivity index (χ4n) is 2.50. The van der Waals surface area contributed by atoms with Crippen LogP contribution in [0.2, 0.25) is 0 Å². The van der Waals surface area contributed by atoms with E-state index < -0.39 is 10.8 Å². The lowest BCUT2D eigenvalue weighted by Gasteiger charge is -2.23. The Morgan fingerprint density at radius 2 is 2.11 bits per heavy atom. The molecule has 3 nitrogen and oxygen atoms in total. The Labute approximate surface area is 121 Å². The Hall–Kier alpha value is -0.460. The molecule has 2 aromatic rings. The van der Waals surface area contributed by atoms with E-state index in [0.717, 1.165) is 44.6 Å². The number of fused-ring (bicyclic) bond motifs is 1. The van der Waals surface area contributed by atoms with Crippen molar-refractivity contribution >= 4 is 50.0 Å². The normalized spacial score (nSPS) is 24.5. The van der Waals surface area contributed by atoms with Crippen molar-refractivity contribution in [2.45, 2.75) is 18.9 Å². The molecule has 1 aromatic heterocycles. The van der Waals surface area contributed by atoms with E-state index in [4.69, 9.17) is 12.2 Å². The molecule has 1 fully saturated rings. The number of H-pyrrole nitrogens is 1. The number of nitrogens with zero attached hydrogens (tertiary/aromatic N) is 1. The van der Waals surface area contributed by atoms with Gasteiger partial charge in [0.2, 0.25) is 0 Å². The highest BCUT2D eigenvalue weighted by Crippen LogP contribution is 2.28. The van der Waals surface area contributed by atoms with Gasteiger partial charge in [-0.3, -0.25) is 4.21 Å². The molecule has 1 N–H and O–H groups in total. The van der Waals surface area contributed by atoms with Crippen molar-refractivity contribution in [1.29, 1.82) is 0 Å². The van der Waals surface area contributed by atoms with Crippen LogP contribution in [0.3, 0.4) is 0 Å². The first-order chi connectivity index (χ1) is 8.65. The molecule has 1 aliphatic heterocycles. The van der Waals surface area contributed by atoms with Gasteiger partial charge in [0.1, 0.15) is 0 Å². The van der Waals surface area contributed by atoms with Gasteiger partial charge in [-0.25, -0.2) is 0 Å². The van der Waals surface area contributed by atoms with Crippen LogP contribution in [0.25, 0.3) is 11.0 Å². The minimum absolute atomic E-state index is 0.373. The third-order valence-corrected chi connectivity index (χ3v) is 5.58. The molecule has 0 atom stereocenters. The first-order valence-corrected chi connectivity index (χ1v) is 8.59. The van der Waals surface area contributed by atoms with Crippen molar-refractivity contribution in [3.63, 3.8) is 0 Å². The van der Waals surface area contributed by atoms with Crippen molar-refractivity contribution in [3.8, 4) is 0 Å². The minimum atomic E-state index is -0.634. The number of aromatic amines is 1. The first kappa shape index (κ1) is 12.6. The number of halogens is 1. The number of hydrogen-bond donors (Lipinski definition) is 1. The fraction of sp³-hybridized carbons (Fsp3) is 0.417. The zero-order valence-corrected chi connectivity index (χ0v) is 12.9. The van der Waals surface area contributed by atoms with Gasteiger partial charge in [0.15, 0.2) is 4.77 Å². The highest BCUT2D eigenvalue weighted by Gasteiger charge is 2.21. The quantitative estimate of drug-likeness (QED) is 0.803. The van der Waals surface area contributed by atoms with Crippen LogP contribution in [0.4, 0.5) is 0 Å². The molecule has 0 saturated carbocycles. The monoisotopic (exact) mass is 344 g/mol. The highest BCUT2D eigenvalue weighted by atomic mass is 79.9. The molecule has 0 radical (unpaired) electrons. The Kier molecular flexibility index (Phi) is 3.42. The molecule has 0 unspecified atom stereocenters. The lowest BCUT2D eigenvalue weighted by Crippen LogP contribution is -2.21. The Morgan fingerprint density at radius 1 is 1.39 bits per heavy atom. The number of imidazole rings is 1. The lowest BCUT2D eigenvalue weighted by atomic mass is 10.1. The molecule has 6 heteroatoms. The number of benzene rings is 1. The second kappa shape index (κ2) is 4.90. The molecule has 1 aromatic carbocycles. The topological polar surface area (TPSA) is 37.8 Å². The SMILES string of the molecule is O=S1CCC(n2c(=S)[nH]c3ccc(Br)cc32)CC1. The van der Waals surface area contributed by atoms with Crippen molar-refractivity contribution in [3.05, 3.63) is 27.4 Å². The molecule has 1 aliphatic rings. The van der Waals surface area contributed by atoms with E-state index in [0.29, 0.717) is 6.04 Å². The molecule has 0 spiro atoms. The smallest absolute Gasteiger partial charge is 0.178 e. The molecular formula is C12H13BrN2OS2. The molecule has 3 rings (SSSR count). The van der Waals surface area contributed by atoms with Crippen LogP contribution in [0.5, 0.6) is 0 Å². The summed E-state index contributed by atoms with van der Waals surface area (Å²) in [7, 11) is -0.634. The molecule has 1 saturated heterocycles. The summed E-state index contributed by atoms with van der Waals surface area (Å²) in [6.45, 7) is 0. The number of rotatable bonds is 1. The third kappa shape index (κ3) is 2.21. The van der Waals surface area contributed by atoms with E-state index in [1.807, 2.05) is 12.1 Å². The molecular weight excluding hydrogens is 332 g/mol. The van der Waals surface area contributed by atoms with E-state index in [1.165, 1.54) is 0 Å². The van der Waals surface area contributed by atoms with Crippen molar-refractivity contribution < 1.29 is 4.21 Å². The predicted molar refractivity (Wildman–Crippen MR) is 81.0 cm³/mol. The van der Waals surface area contributed by atoms with Crippen LogP contribution in [0, 0.1) is 4.77 Å². The fourth-order valence-corrected chi connectivity index (χ4v) is 4.48. The second-order valence-corrected chi connectivity index (χ2v) is 7.54. The zero-order chi connectivity index (χ0) is 12.7. The molecule has 18 heavy (non-hydrogen) atoms. The summed E-state index contributed by atoms with van der Waals surface area (Å²) >= 11 is 8.92. The molecule has 0 bridgehead atoms. The zero-order valence-electron chi connectivity index (χ0n) is 9.69. The van der Waals surface area contributed by atoms with E-state index in [9.17, 15) is 4.21 Å². The van der Waals surface area contributed by atoms with Crippen LogP contribution in [0.15, 0.2) is 22.7 Å². The summed E-state index contributed by atoms with van der Waals surface area (Å²) in [5, 5.41) is 0. The van der Waals surface area contributed by atoms with Gasteiger partial charge in [-0.05, 0) is 43.3 Å². The lowest BCUT2D eigenvalue weighted by molar-refractivity contribution is 0.468. The largest absolute Gasteiger partial charge is 0.331 e. The van der Waals surface area contributed by atoms with Crippen LogP contribution in [-0.2, 0) is 10.8 Å². The van der Waals surface area contributed by atoms with Gasteiger partial charge in [0.25, 0.3) is 0 Å². The Morgan fingerprint density at radius 3 is 2.83 bits per heavy atom. The van der Waals surface area contributed by atoms with Crippen molar-refractivity contribution in [2.24, 2.45) is 0 Å². The van der Waals surface area contributed by atoms with Crippen LogP contribution in [-0.4, -0.2) is 25.3 Å². The van der Waals surface area contributed by atoms with E-state index >= 15 is 0 Å². The van der Waals surface area contributed by atoms with Crippen molar-refractivity contribution in [1.82, 2.24) is 9.55 Å². The van der Waals surface area contributed by atoms with Gasteiger partial charge in [-0.2, -0.15) is 0 Å². The Bertz CT molecular complexity index is 666. The van der Waals surface area contributed by atoms with E-state index in [1.54, 1.807) is 0 Å². The van der Waals surface area contributed by atoms with E-state index in [2.05, 4.69) is 31.5 Å². The summed E-state index contributed by atoms with van der Waals surface area (Å²) in [6, 6.07) is 6.51. The van der Waals surface area contributed by atoms with Gasteiger partial charge in [0.05, 0.1) is 11.0 Å². The summed E-state index contributed by atoms with van der Waals surface area (Å²) in [5.74, 6) is 1.57. The van der Waals surface area contributed by atoms with Gasteiger partial charge in [-0.1, -0.05) is 15.9 Å². The Balaban J connectivity index is 2.10.